The fraction of sp³-hybridized carbons (Fsp3) is 0.900. The number of carbonyl (C=O) groups is 1. The summed E-state index contributed by atoms with van der Waals surface area (Å²) < 4.78 is 0. The van der Waals surface area contributed by atoms with E-state index in [0.29, 0.717) is 12.5 Å². The molecule has 3 nitrogen and oxygen atoms in total. The van der Waals surface area contributed by atoms with E-state index in [-0.39, 0.29) is 11.4 Å². The van der Waals surface area contributed by atoms with Crippen LogP contribution >= 0.6 is 11.8 Å². The summed E-state index contributed by atoms with van der Waals surface area (Å²) >= 11 is 1.93. The van der Waals surface area contributed by atoms with Crippen LogP contribution in [0.2, 0.25) is 0 Å². The van der Waals surface area contributed by atoms with E-state index in [2.05, 4.69) is 5.32 Å². The number of carbonyl (C=O) groups excluding carboxylic acids is 1. The zero-order valence-electron chi connectivity index (χ0n) is 8.42. The molecule has 0 aromatic rings. The lowest BCUT2D eigenvalue weighted by Crippen LogP contribution is -2.41. The Morgan fingerprint density at radius 1 is 1.57 bits per heavy atom. The zero-order chi connectivity index (χ0) is 10.0. The third kappa shape index (κ3) is 2.89. The largest absolute Gasteiger partial charge is 0.352 e. The summed E-state index contributed by atoms with van der Waals surface area (Å²) in [4.78, 5) is 11.6. The number of amides is 1. The lowest BCUT2D eigenvalue weighted by molar-refractivity contribution is -0.122. The maximum Gasteiger partial charge on any atom is 0.222 e. The molecule has 0 aromatic heterocycles. The van der Waals surface area contributed by atoms with Gasteiger partial charge in [0.2, 0.25) is 5.91 Å². The highest BCUT2D eigenvalue weighted by Crippen LogP contribution is 2.35. The first-order valence-electron chi connectivity index (χ1n) is 5.34. The van der Waals surface area contributed by atoms with Gasteiger partial charge in [0.25, 0.3) is 0 Å². The summed E-state index contributed by atoms with van der Waals surface area (Å²) in [5.74, 6) is 2.47. The Kier molecular flexibility index (Phi) is 3.02. The van der Waals surface area contributed by atoms with Gasteiger partial charge in [-0.1, -0.05) is 0 Å². The molecule has 3 N–H and O–H groups in total. The fourth-order valence-corrected chi connectivity index (χ4v) is 2.86. The van der Waals surface area contributed by atoms with Gasteiger partial charge < -0.3 is 11.1 Å². The Morgan fingerprint density at radius 2 is 2.36 bits per heavy atom. The zero-order valence-corrected chi connectivity index (χ0v) is 9.24. The summed E-state index contributed by atoms with van der Waals surface area (Å²) in [6.45, 7) is 0. The van der Waals surface area contributed by atoms with Crippen molar-refractivity contribution in [1.82, 2.24) is 5.32 Å². The smallest absolute Gasteiger partial charge is 0.222 e. The first-order chi connectivity index (χ1) is 6.68. The molecule has 1 atom stereocenters. The van der Waals surface area contributed by atoms with Crippen LogP contribution in [0.3, 0.4) is 0 Å². The van der Waals surface area contributed by atoms with Crippen LogP contribution in [-0.2, 0) is 4.79 Å². The molecule has 2 rings (SSSR count). The molecule has 1 saturated heterocycles. The van der Waals surface area contributed by atoms with Crippen LogP contribution in [0.15, 0.2) is 0 Å². The van der Waals surface area contributed by atoms with Crippen LogP contribution in [0.25, 0.3) is 0 Å². The van der Waals surface area contributed by atoms with Crippen molar-refractivity contribution in [3.8, 4) is 0 Å². The van der Waals surface area contributed by atoms with E-state index < -0.39 is 0 Å². The lowest BCUT2D eigenvalue weighted by Gasteiger charge is -2.23. The van der Waals surface area contributed by atoms with Gasteiger partial charge in [0, 0.05) is 23.8 Å². The molecule has 80 valence electrons. The van der Waals surface area contributed by atoms with Gasteiger partial charge in [-0.3, -0.25) is 4.79 Å². The van der Waals surface area contributed by atoms with Crippen LogP contribution in [-0.4, -0.2) is 29.0 Å². The molecule has 14 heavy (non-hydrogen) atoms. The quantitative estimate of drug-likeness (QED) is 0.733. The van der Waals surface area contributed by atoms with E-state index in [1.165, 1.54) is 12.2 Å². The SMILES string of the molecule is NC1(CC(=O)NC2CCCSC2)CC1. The van der Waals surface area contributed by atoms with Crippen LogP contribution in [0, 0.1) is 0 Å². The normalized spacial score (nSPS) is 29.6. The predicted molar refractivity (Wildman–Crippen MR) is 59.3 cm³/mol. The molecule has 0 radical (unpaired) electrons. The third-order valence-electron chi connectivity index (χ3n) is 2.93. The number of rotatable bonds is 3. The van der Waals surface area contributed by atoms with Gasteiger partial charge in [0.05, 0.1) is 0 Å². The van der Waals surface area contributed by atoms with Crippen molar-refractivity contribution < 1.29 is 4.79 Å². The molecule has 4 heteroatoms. The topological polar surface area (TPSA) is 55.1 Å². The summed E-state index contributed by atoms with van der Waals surface area (Å²) in [5.41, 5.74) is 5.74. The molecule has 1 aliphatic heterocycles. The van der Waals surface area contributed by atoms with E-state index in [1.807, 2.05) is 11.8 Å². The number of nitrogens with one attached hydrogen (secondary N) is 1. The Morgan fingerprint density at radius 3 is 2.93 bits per heavy atom. The van der Waals surface area contributed by atoms with E-state index in [4.69, 9.17) is 5.73 Å². The Balaban J connectivity index is 1.70. The van der Waals surface area contributed by atoms with Crippen molar-refractivity contribution in [3.05, 3.63) is 0 Å². The van der Waals surface area contributed by atoms with Crippen LogP contribution in [0.1, 0.15) is 32.1 Å². The first-order valence-corrected chi connectivity index (χ1v) is 6.49. The van der Waals surface area contributed by atoms with Gasteiger partial charge in [0.1, 0.15) is 0 Å². The maximum absolute atomic E-state index is 11.6. The van der Waals surface area contributed by atoms with Gasteiger partial charge in [0.15, 0.2) is 0 Å². The van der Waals surface area contributed by atoms with Crippen molar-refractivity contribution in [2.75, 3.05) is 11.5 Å². The highest BCUT2D eigenvalue weighted by atomic mass is 32.2. The molecular formula is C10H18N2OS. The average molecular weight is 214 g/mol. The minimum atomic E-state index is -0.147. The summed E-state index contributed by atoms with van der Waals surface area (Å²) in [6, 6.07) is 0.392. The minimum absolute atomic E-state index is 0.147. The Labute approximate surface area is 89.2 Å². The molecular weight excluding hydrogens is 196 g/mol. The minimum Gasteiger partial charge on any atom is -0.352 e. The second kappa shape index (κ2) is 4.11. The molecule has 1 amide bonds. The lowest BCUT2D eigenvalue weighted by atomic mass is 10.1. The van der Waals surface area contributed by atoms with E-state index >= 15 is 0 Å². The van der Waals surface area contributed by atoms with Crippen molar-refractivity contribution in [3.63, 3.8) is 0 Å². The standard InChI is InChI=1S/C10H18N2OS/c11-10(3-4-10)6-9(13)12-8-2-1-5-14-7-8/h8H,1-7,11H2,(H,12,13). The van der Waals surface area contributed by atoms with Crippen LogP contribution < -0.4 is 11.1 Å². The fourth-order valence-electron chi connectivity index (χ4n) is 1.79. The number of hydrogen-bond donors (Lipinski definition) is 2. The third-order valence-corrected chi connectivity index (χ3v) is 4.15. The van der Waals surface area contributed by atoms with Crippen molar-refractivity contribution in [1.29, 1.82) is 0 Å². The van der Waals surface area contributed by atoms with E-state index in [1.54, 1.807) is 0 Å². The van der Waals surface area contributed by atoms with Crippen LogP contribution in [0.4, 0.5) is 0 Å². The molecule has 2 aliphatic rings. The number of thioether (sulfide) groups is 1. The van der Waals surface area contributed by atoms with Gasteiger partial charge >= 0.3 is 0 Å². The Hall–Kier alpha value is -0.220. The van der Waals surface area contributed by atoms with Crippen LogP contribution in [0.5, 0.6) is 0 Å². The average Bonchev–Trinajstić information content (AvgIpc) is 2.84. The molecule has 0 spiro atoms. The summed E-state index contributed by atoms with van der Waals surface area (Å²) in [5, 5.41) is 3.08. The monoisotopic (exact) mass is 214 g/mol. The molecule has 1 aliphatic carbocycles. The van der Waals surface area contributed by atoms with Gasteiger partial charge in [-0.25, -0.2) is 0 Å². The molecule has 0 aromatic carbocycles. The highest BCUT2D eigenvalue weighted by molar-refractivity contribution is 7.99. The first kappa shape index (κ1) is 10.3. The molecule has 0 bridgehead atoms. The molecule has 2 fully saturated rings. The second-order valence-electron chi connectivity index (χ2n) is 4.52. The predicted octanol–water partition coefficient (Wildman–Crippen LogP) is 0.880. The highest BCUT2D eigenvalue weighted by Gasteiger charge is 2.40. The van der Waals surface area contributed by atoms with E-state index in [0.717, 1.165) is 25.0 Å². The van der Waals surface area contributed by atoms with Gasteiger partial charge in [-0.15, -0.1) is 0 Å². The van der Waals surface area contributed by atoms with Crippen molar-refractivity contribution >= 4 is 17.7 Å². The van der Waals surface area contributed by atoms with E-state index in [9.17, 15) is 4.79 Å². The van der Waals surface area contributed by atoms with Gasteiger partial charge in [-0.2, -0.15) is 11.8 Å². The summed E-state index contributed by atoms with van der Waals surface area (Å²) in [6.07, 6.45) is 4.91. The van der Waals surface area contributed by atoms with Crippen molar-refractivity contribution in [2.45, 2.75) is 43.7 Å². The number of nitrogens with two attached hydrogens (primary N) is 1. The Bertz CT molecular complexity index is 222. The molecule has 1 heterocycles. The van der Waals surface area contributed by atoms with Crippen molar-refractivity contribution in [2.24, 2.45) is 5.73 Å². The number of hydrogen-bond acceptors (Lipinski definition) is 3. The molecule has 1 saturated carbocycles. The maximum atomic E-state index is 11.6. The second-order valence-corrected chi connectivity index (χ2v) is 5.67. The molecule has 1 unspecified atom stereocenters. The van der Waals surface area contributed by atoms with Gasteiger partial charge in [-0.05, 0) is 31.4 Å². The summed E-state index contributed by atoms with van der Waals surface area (Å²) in [7, 11) is 0.